The van der Waals surface area contributed by atoms with Crippen LogP contribution in [0.3, 0.4) is 0 Å². The summed E-state index contributed by atoms with van der Waals surface area (Å²) in [5.74, 6) is 0.120. The molecule has 0 spiro atoms. The van der Waals surface area contributed by atoms with Crippen molar-refractivity contribution in [3.05, 3.63) is 23.8 Å². The summed E-state index contributed by atoms with van der Waals surface area (Å²) in [7, 11) is 1.33. The molecule has 0 fully saturated rings. The molecule has 0 unspecified atom stereocenters. The summed E-state index contributed by atoms with van der Waals surface area (Å²) < 4.78 is 9.58. The molecule has 0 radical (unpaired) electrons. The van der Waals surface area contributed by atoms with Crippen LogP contribution in [0.15, 0.2) is 23.1 Å². The first kappa shape index (κ1) is 10.0. The summed E-state index contributed by atoms with van der Waals surface area (Å²) in [6.07, 6.45) is 0. The van der Waals surface area contributed by atoms with Gasteiger partial charge in [-0.05, 0) is 18.2 Å². The predicted octanol–water partition coefficient (Wildman–Crippen LogP) is 1.48. The Bertz CT molecular complexity index is 427. The average Bonchev–Trinajstić information content (AvgIpc) is 2.27. The molecule has 15 heavy (non-hydrogen) atoms. The van der Waals surface area contributed by atoms with E-state index in [1.165, 1.54) is 18.9 Å². The largest absolute Gasteiger partial charge is 0.465 e. The van der Waals surface area contributed by atoms with Crippen LogP contribution in [0.4, 0.5) is 0 Å². The van der Waals surface area contributed by atoms with Gasteiger partial charge < -0.3 is 9.47 Å². The van der Waals surface area contributed by atoms with Crippen LogP contribution in [0.25, 0.3) is 0 Å². The number of carbonyl (C=O) groups excluding carboxylic acids is 2. The van der Waals surface area contributed by atoms with Gasteiger partial charge in [-0.25, -0.2) is 4.79 Å². The number of rotatable bonds is 1. The third-order valence-corrected chi connectivity index (χ3v) is 2.94. The van der Waals surface area contributed by atoms with Crippen molar-refractivity contribution in [1.82, 2.24) is 0 Å². The highest BCUT2D eigenvalue weighted by Crippen LogP contribution is 2.34. The number of ether oxygens (including phenoxy) is 2. The van der Waals surface area contributed by atoms with Crippen molar-refractivity contribution in [2.45, 2.75) is 4.90 Å². The summed E-state index contributed by atoms with van der Waals surface area (Å²) in [5.41, 5.74) is 0.460. The molecule has 1 aromatic carbocycles. The van der Waals surface area contributed by atoms with Crippen molar-refractivity contribution in [2.24, 2.45) is 0 Å². The Labute approximate surface area is 90.6 Å². The minimum atomic E-state index is -0.393. The Balaban J connectivity index is 2.34. The number of benzene rings is 1. The number of thioether (sulfide) groups is 1. The summed E-state index contributed by atoms with van der Waals surface area (Å²) in [4.78, 5) is 23.0. The molecule has 0 saturated heterocycles. The van der Waals surface area contributed by atoms with E-state index in [0.717, 1.165) is 4.90 Å². The molecule has 2 rings (SSSR count). The van der Waals surface area contributed by atoms with E-state index < -0.39 is 5.97 Å². The van der Waals surface area contributed by atoms with E-state index in [2.05, 4.69) is 4.74 Å². The van der Waals surface area contributed by atoms with Crippen molar-refractivity contribution in [3.63, 3.8) is 0 Å². The van der Waals surface area contributed by atoms with Gasteiger partial charge in [-0.1, -0.05) is 0 Å². The predicted molar refractivity (Wildman–Crippen MR) is 54.1 cm³/mol. The topological polar surface area (TPSA) is 52.6 Å². The average molecular weight is 224 g/mol. The third-order valence-electron chi connectivity index (χ3n) is 1.93. The van der Waals surface area contributed by atoms with Gasteiger partial charge in [-0.3, -0.25) is 4.79 Å². The summed E-state index contributed by atoms with van der Waals surface area (Å²) in [6.45, 7) is 0. The van der Waals surface area contributed by atoms with Gasteiger partial charge in [0, 0.05) is 0 Å². The lowest BCUT2D eigenvalue weighted by molar-refractivity contribution is -0.131. The molecule has 1 heterocycles. The van der Waals surface area contributed by atoms with Crippen LogP contribution < -0.4 is 4.74 Å². The maximum Gasteiger partial charge on any atom is 0.337 e. The standard InChI is InChI=1S/C10H8O4S/c1-13-10(12)6-2-3-7-8(4-6)15-5-9(11)14-7/h2-4H,5H2,1H3. The molecule has 1 aliphatic heterocycles. The lowest BCUT2D eigenvalue weighted by atomic mass is 10.2. The summed E-state index contributed by atoms with van der Waals surface area (Å²) in [6, 6.07) is 4.84. The Kier molecular flexibility index (Phi) is 2.64. The zero-order valence-electron chi connectivity index (χ0n) is 7.98. The van der Waals surface area contributed by atoms with E-state index in [9.17, 15) is 9.59 Å². The Morgan fingerprint density at radius 1 is 1.53 bits per heavy atom. The van der Waals surface area contributed by atoms with Gasteiger partial charge in [-0.2, -0.15) is 0 Å². The molecule has 1 aliphatic rings. The molecular weight excluding hydrogens is 216 g/mol. The molecule has 0 atom stereocenters. The van der Waals surface area contributed by atoms with Crippen LogP contribution >= 0.6 is 11.8 Å². The molecule has 0 amide bonds. The molecule has 0 N–H and O–H groups in total. The quantitative estimate of drug-likeness (QED) is 0.534. The van der Waals surface area contributed by atoms with Gasteiger partial charge in [-0.15, -0.1) is 11.8 Å². The highest BCUT2D eigenvalue weighted by atomic mass is 32.2. The van der Waals surface area contributed by atoms with E-state index in [1.54, 1.807) is 18.2 Å². The summed E-state index contributed by atoms with van der Waals surface area (Å²) in [5, 5.41) is 0. The lowest BCUT2D eigenvalue weighted by Crippen LogP contribution is -2.15. The van der Waals surface area contributed by atoms with Crippen molar-refractivity contribution >= 4 is 23.7 Å². The smallest absolute Gasteiger partial charge is 0.337 e. The van der Waals surface area contributed by atoms with Crippen LogP contribution in [0.1, 0.15) is 10.4 Å². The number of methoxy groups -OCH3 is 1. The van der Waals surface area contributed by atoms with Gasteiger partial charge in [0.05, 0.1) is 23.3 Å². The monoisotopic (exact) mass is 224 g/mol. The third kappa shape index (κ3) is 1.97. The highest BCUT2D eigenvalue weighted by molar-refractivity contribution is 8.00. The van der Waals surface area contributed by atoms with Crippen molar-refractivity contribution < 1.29 is 19.1 Å². The van der Waals surface area contributed by atoms with E-state index in [0.29, 0.717) is 11.3 Å². The minimum Gasteiger partial charge on any atom is -0.465 e. The summed E-state index contributed by atoms with van der Waals surface area (Å²) >= 11 is 1.36. The van der Waals surface area contributed by atoms with E-state index in [-0.39, 0.29) is 11.7 Å². The fourth-order valence-corrected chi connectivity index (χ4v) is 2.03. The maximum atomic E-state index is 11.2. The van der Waals surface area contributed by atoms with E-state index in [1.807, 2.05) is 0 Å². The van der Waals surface area contributed by atoms with Crippen LogP contribution in [-0.4, -0.2) is 24.8 Å². The van der Waals surface area contributed by atoms with E-state index >= 15 is 0 Å². The number of hydrogen-bond acceptors (Lipinski definition) is 5. The Morgan fingerprint density at radius 3 is 3.07 bits per heavy atom. The van der Waals surface area contributed by atoms with Crippen molar-refractivity contribution in [3.8, 4) is 5.75 Å². The second-order valence-corrected chi connectivity index (χ2v) is 3.93. The van der Waals surface area contributed by atoms with Gasteiger partial charge in [0.1, 0.15) is 5.75 Å². The molecule has 0 aromatic heterocycles. The molecule has 0 bridgehead atoms. The second-order valence-electron chi connectivity index (χ2n) is 2.92. The van der Waals surface area contributed by atoms with Crippen LogP contribution in [0.2, 0.25) is 0 Å². The van der Waals surface area contributed by atoms with Crippen LogP contribution in [-0.2, 0) is 9.53 Å². The SMILES string of the molecule is COC(=O)c1ccc2c(c1)SCC(=O)O2. The molecule has 5 heteroatoms. The second kappa shape index (κ2) is 3.94. The van der Waals surface area contributed by atoms with Gasteiger partial charge in [0.2, 0.25) is 0 Å². The number of carbonyl (C=O) groups is 2. The van der Waals surface area contributed by atoms with Crippen LogP contribution in [0, 0.1) is 0 Å². The molecular formula is C10H8O4S. The first-order chi connectivity index (χ1) is 7.20. The van der Waals surface area contributed by atoms with E-state index in [4.69, 9.17) is 4.74 Å². The number of esters is 2. The van der Waals surface area contributed by atoms with Gasteiger partial charge in [0.25, 0.3) is 0 Å². The van der Waals surface area contributed by atoms with Gasteiger partial charge in [0.15, 0.2) is 0 Å². The normalized spacial score (nSPS) is 14.1. The van der Waals surface area contributed by atoms with Crippen molar-refractivity contribution in [1.29, 1.82) is 0 Å². The van der Waals surface area contributed by atoms with Gasteiger partial charge >= 0.3 is 11.9 Å². The van der Waals surface area contributed by atoms with Crippen LogP contribution in [0.5, 0.6) is 5.75 Å². The highest BCUT2D eigenvalue weighted by Gasteiger charge is 2.19. The maximum absolute atomic E-state index is 11.2. The first-order valence-electron chi connectivity index (χ1n) is 4.26. The fraction of sp³-hybridized carbons (Fsp3) is 0.200. The molecule has 0 saturated carbocycles. The zero-order valence-corrected chi connectivity index (χ0v) is 8.80. The minimum absolute atomic E-state index is 0.265. The molecule has 78 valence electrons. The number of fused-ring (bicyclic) bond motifs is 1. The molecule has 0 aliphatic carbocycles. The fourth-order valence-electron chi connectivity index (χ4n) is 1.24. The zero-order chi connectivity index (χ0) is 10.8. The molecule has 1 aromatic rings. The molecule has 4 nitrogen and oxygen atoms in total. The number of hydrogen-bond donors (Lipinski definition) is 0. The Hall–Kier alpha value is -1.49. The van der Waals surface area contributed by atoms with Crippen molar-refractivity contribution in [2.75, 3.05) is 12.9 Å². The lowest BCUT2D eigenvalue weighted by Gasteiger charge is -2.15. The Morgan fingerprint density at radius 2 is 2.33 bits per heavy atom. The first-order valence-corrected chi connectivity index (χ1v) is 5.25.